The molecule has 0 fully saturated rings. The van der Waals surface area contributed by atoms with Gasteiger partial charge >= 0.3 is 0 Å². The summed E-state index contributed by atoms with van der Waals surface area (Å²) in [5, 5.41) is 22.8. The van der Waals surface area contributed by atoms with Gasteiger partial charge in [0.15, 0.2) is 18.1 Å². The topological polar surface area (TPSA) is 114 Å². The van der Waals surface area contributed by atoms with E-state index in [4.69, 9.17) is 9.47 Å². The molecule has 1 amide bonds. The number of nitriles is 1. The van der Waals surface area contributed by atoms with Gasteiger partial charge in [-0.05, 0) is 60.5 Å². The van der Waals surface area contributed by atoms with Crippen LogP contribution in [0.25, 0.3) is 11.6 Å². The molecule has 0 bridgehead atoms. The van der Waals surface area contributed by atoms with Crippen LogP contribution in [-0.2, 0) is 4.79 Å². The molecule has 9 heteroatoms. The summed E-state index contributed by atoms with van der Waals surface area (Å²) in [6, 6.07) is 18.5. The van der Waals surface area contributed by atoms with Crippen molar-refractivity contribution in [2.24, 2.45) is 0 Å². The molecule has 0 radical (unpaired) electrons. The molecule has 0 aliphatic carbocycles. The second-order valence-electron chi connectivity index (χ2n) is 6.93. The van der Waals surface area contributed by atoms with E-state index in [9.17, 15) is 24.6 Å². The quantitative estimate of drug-likeness (QED) is 0.202. The maximum atomic E-state index is 13.7. The first kappa shape index (κ1) is 23.9. The average Bonchev–Trinajstić information content (AvgIpc) is 2.83. The van der Waals surface area contributed by atoms with Crippen molar-refractivity contribution in [1.29, 1.82) is 5.26 Å². The fraction of sp³-hybridized carbons (Fsp3) is 0.120. The summed E-state index contributed by atoms with van der Waals surface area (Å²) in [6.07, 6.45) is 1.61. The second kappa shape index (κ2) is 11.2. The number of ether oxygens (including phenoxy) is 2. The number of hydrogen-bond acceptors (Lipinski definition) is 6. The van der Waals surface area contributed by atoms with Crippen LogP contribution in [0.15, 0.2) is 66.7 Å². The van der Waals surface area contributed by atoms with E-state index in [2.05, 4.69) is 11.4 Å². The van der Waals surface area contributed by atoms with Crippen LogP contribution >= 0.6 is 0 Å². The molecule has 0 unspecified atom stereocenters. The lowest BCUT2D eigenvalue weighted by Crippen LogP contribution is -2.21. The Bertz CT molecular complexity index is 1270. The highest BCUT2D eigenvalue weighted by molar-refractivity contribution is 5.92. The number of anilines is 1. The summed E-state index contributed by atoms with van der Waals surface area (Å²) in [6.45, 7) is 1.75. The number of amides is 1. The van der Waals surface area contributed by atoms with Gasteiger partial charge < -0.3 is 14.8 Å². The van der Waals surface area contributed by atoms with Crippen LogP contribution in [-0.4, -0.2) is 24.0 Å². The molecule has 0 atom stereocenters. The molecule has 3 aromatic carbocycles. The SMILES string of the molecule is CCOc1cc(/C=C(\C#N)c2ccc([N+](=O)[O-])cc2)ccc1OCC(=O)Nc1ccccc1F. The Kier molecular flexibility index (Phi) is 7.92. The third kappa shape index (κ3) is 6.17. The average molecular weight is 461 g/mol. The molecule has 34 heavy (non-hydrogen) atoms. The summed E-state index contributed by atoms with van der Waals surface area (Å²) in [4.78, 5) is 22.5. The molecular weight excluding hydrogens is 441 g/mol. The van der Waals surface area contributed by atoms with Crippen molar-refractivity contribution in [2.75, 3.05) is 18.5 Å². The van der Waals surface area contributed by atoms with Gasteiger partial charge in [0.05, 0.1) is 28.9 Å². The fourth-order valence-corrected chi connectivity index (χ4v) is 3.00. The number of halogens is 1. The summed E-state index contributed by atoms with van der Waals surface area (Å²) in [5.41, 5.74) is 1.44. The largest absolute Gasteiger partial charge is 0.490 e. The van der Waals surface area contributed by atoms with Crippen LogP contribution in [0.4, 0.5) is 15.8 Å². The number of nitro benzene ring substituents is 1. The van der Waals surface area contributed by atoms with Crippen molar-refractivity contribution in [1.82, 2.24) is 0 Å². The molecule has 1 N–H and O–H groups in total. The van der Waals surface area contributed by atoms with Crippen LogP contribution in [0.3, 0.4) is 0 Å². The molecule has 0 spiro atoms. The molecule has 3 rings (SSSR count). The number of rotatable bonds is 9. The molecule has 0 saturated heterocycles. The maximum Gasteiger partial charge on any atom is 0.269 e. The van der Waals surface area contributed by atoms with Crippen molar-refractivity contribution in [3.8, 4) is 17.6 Å². The monoisotopic (exact) mass is 461 g/mol. The number of benzene rings is 3. The number of allylic oxidation sites excluding steroid dienone is 1. The smallest absolute Gasteiger partial charge is 0.269 e. The summed E-state index contributed by atoms with van der Waals surface area (Å²) in [5.74, 6) is -0.433. The number of carbonyl (C=O) groups excluding carboxylic acids is 1. The molecule has 172 valence electrons. The molecule has 0 aromatic heterocycles. The van der Waals surface area contributed by atoms with Gasteiger partial charge in [0, 0.05) is 12.1 Å². The first-order valence-corrected chi connectivity index (χ1v) is 10.2. The zero-order valence-electron chi connectivity index (χ0n) is 18.2. The van der Waals surface area contributed by atoms with E-state index in [1.165, 1.54) is 42.5 Å². The molecule has 8 nitrogen and oxygen atoms in total. The van der Waals surface area contributed by atoms with Gasteiger partial charge in [-0.25, -0.2) is 4.39 Å². The predicted octanol–water partition coefficient (Wildman–Crippen LogP) is 5.21. The zero-order valence-corrected chi connectivity index (χ0v) is 18.2. The van der Waals surface area contributed by atoms with Gasteiger partial charge in [0.1, 0.15) is 5.82 Å². The molecular formula is C25H20FN3O5. The first-order valence-electron chi connectivity index (χ1n) is 10.2. The normalized spacial score (nSPS) is 10.8. The van der Waals surface area contributed by atoms with Crippen LogP contribution in [0.1, 0.15) is 18.1 Å². The molecule has 0 heterocycles. The van der Waals surface area contributed by atoms with Crippen LogP contribution in [0.2, 0.25) is 0 Å². The van der Waals surface area contributed by atoms with Gasteiger partial charge in [-0.15, -0.1) is 0 Å². The van der Waals surface area contributed by atoms with Crippen LogP contribution in [0, 0.1) is 27.3 Å². The van der Waals surface area contributed by atoms with Gasteiger partial charge in [-0.1, -0.05) is 18.2 Å². The van der Waals surface area contributed by atoms with Crippen LogP contribution < -0.4 is 14.8 Å². The van der Waals surface area contributed by atoms with E-state index in [0.29, 0.717) is 34.8 Å². The zero-order chi connectivity index (χ0) is 24.5. The third-order valence-electron chi connectivity index (χ3n) is 4.59. The van der Waals surface area contributed by atoms with Crippen molar-refractivity contribution in [2.45, 2.75) is 6.92 Å². The van der Waals surface area contributed by atoms with E-state index >= 15 is 0 Å². The number of nitro groups is 1. The maximum absolute atomic E-state index is 13.7. The van der Waals surface area contributed by atoms with Crippen molar-refractivity contribution in [3.63, 3.8) is 0 Å². The number of carbonyl (C=O) groups is 1. The molecule has 0 saturated carbocycles. The van der Waals surface area contributed by atoms with Gasteiger partial charge in [0.25, 0.3) is 11.6 Å². The number of nitrogens with zero attached hydrogens (tertiary/aromatic N) is 2. The number of nitrogens with one attached hydrogen (secondary N) is 1. The molecule has 3 aromatic rings. The number of para-hydroxylation sites is 1. The number of non-ortho nitro benzene ring substituents is 1. The Balaban J connectivity index is 1.76. The minimum absolute atomic E-state index is 0.0527. The summed E-state index contributed by atoms with van der Waals surface area (Å²) < 4.78 is 24.9. The summed E-state index contributed by atoms with van der Waals surface area (Å²) in [7, 11) is 0. The molecule has 0 aliphatic rings. The Morgan fingerprint density at radius 1 is 1.12 bits per heavy atom. The second-order valence-corrected chi connectivity index (χ2v) is 6.93. The number of hydrogen-bond donors (Lipinski definition) is 1. The third-order valence-corrected chi connectivity index (χ3v) is 4.59. The highest BCUT2D eigenvalue weighted by Gasteiger charge is 2.12. The highest BCUT2D eigenvalue weighted by atomic mass is 19.1. The first-order chi connectivity index (χ1) is 16.4. The van der Waals surface area contributed by atoms with E-state index in [1.54, 1.807) is 37.3 Å². The van der Waals surface area contributed by atoms with Gasteiger partial charge in [-0.2, -0.15) is 5.26 Å². The minimum Gasteiger partial charge on any atom is -0.490 e. The van der Waals surface area contributed by atoms with Crippen LogP contribution in [0.5, 0.6) is 11.5 Å². The predicted molar refractivity (Wildman–Crippen MR) is 125 cm³/mol. The Morgan fingerprint density at radius 3 is 2.50 bits per heavy atom. The van der Waals surface area contributed by atoms with E-state index in [1.807, 2.05) is 0 Å². The lowest BCUT2D eigenvalue weighted by molar-refractivity contribution is -0.384. The van der Waals surface area contributed by atoms with Gasteiger partial charge in [0.2, 0.25) is 0 Å². The van der Waals surface area contributed by atoms with Crippen molar-refractivity contribution >= 4 is 28.9 Å². The van der Waals surface area contributed by atoms with Crippen molar-refractivity contribution < 1.29 is 23.6 Å². The fourth-order valence-electron chi connectivity index (χ4n) is 3.00. The highest BCUT2D eigenvalue weighted by Crippen LogP contribution is 2.30. The minimum atomic E-state index is -0.552. The lowest BCUT2D eigenvalue weighted by Gasteiger charge is -2.13. The van der Waals surface area contributed by atoms with Crippen molar-refractivity contribution in [3.05, 3.63) is 93.8 Å². The standard InChI is InChI=1S/C25H20FN3O5/c1-2-33-24-14-17(13-19(15-27)18-8-10-20(11-9-18)29(31)32)7-12-23(24)34-16-25(30)28-22-6-4-3-5-21(22)26/h3-14H,2,16H2,1H3,(H,28,30)/b19-13+. The Morgan fingerprint density at radius 2 is 1.85 bits per heavy atom. The Hall–Kier alpha value is -4.71. The molecule has 0 aliphatic heterocycles. The lowest BCUT2D eigenvalue weighted by atomic mass is 10.0. The van der Waals surface area contributed by atoms with E-state index in [-0.39, 0.29) is 18.0 Å². The van der Waals surface area contributed by atoms with E-state index < -0.39 is 16.6 Å². The Labute approximate surface area is 195 Å². The van der Waals surface area contributed by atoms with E-state index in [0.717, 1.165) is 0 Å². The summed E-state index contributed by atoms with van der Waals surface area (Å²) >= 11 is 0. The van der Waals surface area contributed by atoms with Gasteiger partial charge in [-0.3, -0.25) is 14.9 Å².